The van der Waals surface area contributed by atoms with Gasteiger partial charge in [0.05, 0.1) is 0 Å². The molecular weight excluding hydrogens is 204 g/mol. The Balaban J connectivity index is 2.52. The quantitative estimate of drug-likeness (QED) is 0.412. The summed E-state index contributed by atoms with van der Waals surface area (Å²) in [5.74, 6) is 0.790. The van der Waals surface area contributed by atoms with Gasteiger partial charge in [-0.2, -0.15) is 0 Å². The van der Waals surface area contributed by atoms with Crippen LogP contribution in [-0.4, -0.2) is 5.88 Å². The van der Waals surface area contributed by atoms with Gasteiger partial charge >= 0.3 is 0 Å². The molecule has 0 nitrogen and oxygen atoms in total. The van der Waals surface area contributed by atoms with Gasteiger partial charge in [-0.1, -0.05) is 38.3 Å². The summed E-state index contributed by atoms with van der Waals surface area (Å²) >= 11 is 5.68. The van der Waals surface area contributed by atoms with Crippen molar-refractivity contribution >= 4 is 11.6 Å². The third-order valence-electron chi connectivity index (χ3n) is 3.00. The van der Waals surface area contributed by atoms with Crippen LogP contribution in [0.2, 0.25) is 0 Å². The van der Waals surface area contributed by atoms with E-state index in [-0.39, 0.29) is 0 Å². The molecule has 0 heterocycles. The number of halogens is 1. The van der Waals surface area contributed by atoms with Crippen molar-refractivity contribution in [3.8, 4) is 0 Å². The van der Waals surface area contributed by atoms with Gasteiger partial charge in [-0.3, -0.25) is 0 Å². The molecule has 0 spiro atoms. The van der Waals surface area contributed by atoms with Crippen LogP contribution in [-0.2, 0) is 0 Å². The van der Waals surface area contributed by atoms with Gasteiger partial charge in [0.15, 0.2) is 0 Å². The fraction of sp³-hybridized carbons (Fsp3) is 0.714. The van der Waals surface area contributed by atoms with E-state index in [0.717, 1.165) is 18.7 Å². The van der Waals surface area contributed by atoms with Crippen molar-refractivity contribution in [3.63, 3.8) is 0 Å². The highest BCUT2D eigenvalue weighted by Gasteiger charge is 2.20. The molecule has 0 fully saturated rings. The summed E-state index contributed by atoms with van der Waals surface area (Å²) in [4.78, 5) is 0. The Morgan fingerprint density at radius 2 is 1.93 bits per heavy atom. The monoisotopic (exact) mass is 226 g/mol. The molecule has 0 radical (unpaired) electrons. The maximum Gasteiger partial charge on any atom is 0.0226 e. The fourth-order valence-electron chi connectivity index (χ4n) is 2.24. The molecule has 0 aliphatic heterocycles. The van der Waals surface area contributed by atoms with Gasteiger partial charge in [0.2, 0.25) is 0 Å². The lowest BCUT2D eigenvalue weighted by atomic mass is 9.78. The molecule has 0 aromatic carbocycles. The third kappa shape index (κ3) is 3.68. The molecule has 0 aromatic heterocycles. The lowest BCUT2D eigenvalue weighted by Crippen LogP contribution is -2.08. The molecule has 1 rings (SSSR count). The SMILES string of the molecule is CCCC1=C(CCC)/C(=C/CCCCl)C1. The highest BCUT2D eigenvalue weighted by Crippen LogP contribution is 2.39. The lowest BCUT2D eigenvalue weighted by molar-refractivity contribution is 0.754. The molecule has 1 heteroatoms. The second-order valence-electron chi connectivity index (χ2n) is 4.32. The minimum absolute atomic E-state index is 0.790. The van der Waals surface area contributed by atoms with Crippen molar-refractivity contribution < 1.29 is 0 Å². The van der Waals surface area contributed by atoms with Crippen LogP contribution in [0.5, 0.6) is 0 Å². The Morgan fingerprint density at radius 3 is 2.53 bits per heavy atom. The van der Waals surface area contributed by atoms with E-state index < -0.39 is 0 Å². The second kappa shape index (κ2) is 7.11. The zero-order valence-corrected chi connectivity index (χ0v) is 10.9. The first kappa shape index (κ1) is 12.8. The largest absolute Gasteiger partial charge is 0.127 e. The summed E-state index contributed by atoms with van der Waals surface area (Å²) in [6.45, 7) is 4.54. The zero-order chi connectivity index (χ0) is 11.1. The van der Waals surface area contributed by atoms with E-state index in [2.05, 4.69) is 19.9 Å². The number of hydrogen-bond acceptors (Lipinski definition) is 0. The summed E-state index contributed by atoms with van der Waals surface area (Å²) in [7, 11) is 0. The van der Waals surface area contributed by atoms with Gasteiger partial charge in [-0.05, 0) is 43.3 Å². The Labute approximate surface area is 99.4 Å². The van der Waals surface area contributed by atoms with Crippen molar-refractivity contribution in [2.45, 2.75) is 58.8 Å². The lowest BCUT2D eigenvalue weighted by Gasteiger charge is -2.28. The first-order valence-electron chi connectivity index (χ1n) is 6.29. The molecule has 15 heavy (non-hydrogen) atoms. The predicted octanol–water partition coefficient (Wildman–Crippen LogP) is 5.23. The van der Waals surface area contributed by atoms with Gasteiger partial charge in [0, 0.05) is 5.88 Å². The summed E-state index contributed by atoms with van der Waals surface area (Å²) in [6.07, 6.45) is 11.1. The molecular formula is C14H23Cl. The second-order valence-corrected chi connectivity index (χ2v) is 4.70. The van der Waals surface area contributed by atoms with Gasteiger partial charge in [-0.25, -0.2) is 0 Å². The van der Waals surface area contributed by atoms with E-state index in [9.17, 15) is 0 Å². The molecule has 86 valence electrons. The topological polar surface area (TPSA) is 0 Å². The number of allylic oxidation sites excluding steroid dienone is 4. The van der Waals surface area contributed by atoms with Crippen LogP contribution < -0.4 is 0 Å². The van der Waals surface area contributed by atoms with Crippen molar-refractivity contribution in [3.05, 3.63) is 22.8 Å². The summed E-state index contributed by atoms with van der Waals surface area (Å²) < 4.78 is 0. The van der Waals surface area contributed by atoms with E-state index >= 15 is 0 Å². The minimum atomic E-state index is 0.790. The molecule has 0 aromatic rings. The highest BCUT2D eigenvalue weighted by molar-refractivity contribution is 6.17. The molecule has 0 atom stereocenters. The number of hydrogen-bond donors (Lipinski definition) is 0. The van der Waals surface area contributed by atoms with E-state index in [4.69, 9.17) is 11.6 Å². The Hall–Kier alpha value is -0.230. The van der Waals surface area contributed by atoms with Crippen molar-refractivity contribution in [1.29, 1.82) is 0 Å². The van der Waals surface area contributed by atoms with Crippen LogP contribution in [0.25, 0.3) is 0 Å². The Bertz CT molecular complexity index is 248. The standard InChI is InChI=1S/C14H23Cl/c1-3-7-12-11-13(9-5-6-10-15)14(12)8-4-2/h9H,3-8,10-11H2,1-2H3/b13-9+. The maximum absolute atomic E-state index is 5.68. The minimum Gasteiger partial charge on any atom is -0.127 e. The van der Waals surface area contributed by atoms with Crippen molar-refractivity contribution in [2.75, 3.05) is 5.88 Å². The van der Waals surface area contributed by atoms with Crippen LogP contribution in [0, 0.1) is 0 Å². The van der Waals surface area contributed by atoms with Gasteiger partial charge in [0.1, 0.15) is 0 Å². The summed E-state index contributed by atoms with van der Waals surface area (Å²) in [5.41, 5.74) is 5.01. The Kier molecular flexibility index (Phi) is 6.09. The van der Waals surface area contributed by atoms with Gasteiger partial charge < -0.3 is 0 Å². The number of unbranched alkanes of at least 4 members (excludes halogenated alkanes) is 1. The Morgan fingerprint density at radius 1 is 1.20 bits per heavy atom. The van der Waals surface area contributed by atoms with Crippen LogP contribution in [0.4, 0.5) is 0 Å². The first-order valence-corrected chi connectivity index (χ1v) is 6.83. The molecule has 0 saturated heterocycles. The molecule has 0 bridgehead atoms. The van der Waals surface area contributed by atoms with E-state index in [0.29, 0.717) is 0 Å². The number of alkyl halides is 1. The van der Waals surface area contributed by atoms with Crippen molar-refractivity contribution in [1.82, 2.24) is 0 Å². The summed E-state index contributed by atoms with van der Waals surface area (Å²) in [5, 5.41) is 0. The molecule has 1 aliphatic carbocycles. The van der Waals surface area contributed by atoms with Crippen molar-refractivity contribution in [2.24, 2.45) is 0 Å². The third-order valence-corrected chi connectivity index (χ3v) is 3.27. The molecule has 0 amide bonds. The average molecular weight is 227 g/mol. The fourth-order valence-corrected chi connectivity index (χ4v) is 2.40. The molecule has 1 aliphatic rings. The number of rotatable bonds is 7. The highest BCUT2D eigenvalue weighted by atomic mass is 35.5. The normalized spacial score (nSPS) is 18.5. The predicted molar refractivity (Wildman–Crippen MR) is 69.5 cm³/mol. The van der Waals surface area contributed by atoms with E-state index in [1.165, 1.54) is 32.1 Å². The molecule has 0 saturated carbocycles. The van der Waals surface area contributed by atoms with Crippen LogP contribution >= 0.6 is 11.6 Å². The maximum atomic E-state index is 5.68. The van der Waals surface area contributed by atoms with Gasteiger partial charge in [-0.15, -0.1) is 11.6 Å². The van der Waals surface area contributed by atoms with E-state index in [1.807, 2.05) is 0 Å². The smallest absolute Gasteiger partial charge is 0.0226 e. The zero-order valence-electron chi connectivity index (χ0n) is 10.1. The molecule has 0 unspecified atom stereocenters. The summed E-state index contributed by atoms with van der Waals surface area (Å²) in [6, 6.07) is 0. The van der Waals surface area contributed by atoms with E-state index in [1.54, 1.807) is 16.7 Å². The molecule has 0 N–H and O–H groups in total. The average Bonchev–Trinajstić information content (AvgIpc) is 2.24. The van der Waals surface area contributed by atoms with Crippen LogP contribution in [0.1, 0.15) is 58.8 Å². The van der Waals surface area contributed by atoms with Crippen LogP contribution in [0.3, 0.4) is 0 Å². The van der Waals surface area contributed by atoms with Crippen LogP contribution in [0.15, 0.2) is 22.8 Å². The first-order chi connectivity index (χ1) is 7.33. The van der Waals surface area contributed by atoms with Gasteiger partial charge in [0.25, 0.3) is 0 Å².